The van der Waals surface area contributed by atoms with E-state index in [2.05, 4.69) is 22.0 Å². The topological polar surface area (TPSA) is 55.8 Å². The molecule has 21 heavy (non-hydrogen) atoms. The van der Waals surface area contributed by atoms with Crippen LogP contribution in [-0.2, 0) is 4.79 Å². The first-order valence-corrected chi connectivity index (χ1v) is 8.47. The monoisotopic (exact) mass is 297 g/mol. The Balaban J connectivity index is 1.72. The quantitative estimate of drug-likeness (QED) is 0.783. The lowest BCUT2D eigenvalue weighted by atomic mass is 9.87. The van der Waals surface area contributed by atoms with Crippen LogP contribution in [-0.4, -0.2) is 72.2 Å². The summed E-state index contributed by atoms with van der Waals surface area (Å²) in [6.07, 6.45) is 4.73. The van der Waals surface area contributed by atoms with Crippen molar-refractivity contribution in [3.63, 3.8) is 0 Å². The molecule has 1 unspecified atom stereocenters. The molecule has 1 saturated heterocycles. The molecule has 1 amide bonds. The summed E-state index contributed by atoms with van der Waals surface area (Å²) in [7, 11) is 0. The fraction of sp³-hybridized carbons (Fsp3) is 0.938. The molecule has 2 aliphatic rings. The van der Waals surface area contributed by atoms with Crippen LogP contribution in [0.15, 0.2) is 0 Å². The first kappa shape index (κ1) is 16.7. The Morgan fingerprint density at radius 3 is 2.38 bits per heavy atom. The average Bonchev–Trinajstić information content (AvgIpc) is 2.50. The Morgan fingerprint density at radius 1 is 1.19 bits per heavy atom. The zero-order chi connectivity index (χ0) is 15.2. The van der Waals surface area contributed by atoms with E-state index >= 15 is 0 Å². The molecule has 1 saturated carbocycles. The van der Waals surface area contributed by atoms with Crippen LogP contribution < -0.4 is 5.32 Å². The van der Waals surface area contributed by atoms with Crippen molar-refractivity contribution >= 4 is 5.91 Å². The molecular weight excluding hydrogens is 266 g/mol. The zero-order valence-electron chi connectivity index (χ0n) is 13.6. The number of hydrogen-bond donors (Lipinski definition) is 2. The van der Waals surface area contributed by atoms with E-state index in [0.29, 0.717) is 6.04 Å². The molecule has 1 atom stereocenters. The first-order valence-electron chi connectivity index (χ1n) is 8.47. The second-order valence-electron chi connectivity index (χ2n) is 6.74. The summed E-state index contributed by atoms with van der Waals surface area (Å²) in [6, 6.07) is 0.340. The van der Waals surface area contributed by atoms with Crippen LogP contribution in [0.25, 0.3) is 0 Å². The van der Waals surface area contributed by atoms with Crippen molar-refractivity contribution in [2.45, 2.75) is 51.6 Å². The normalized spacial score (nSPS) is 30.0. The van der Waals surface area contributed by atoms with Crippen molar-refractivity contribution in [1.29, 1.82) is 0 Å². The highest BCUT2D eigenvalue weighted by Gasteiger charge is 2.27. The van der Waals surface area contributed by atoms with Crippen molar-refractivity contribution in [2.24, 2.45) is 5.92 Å². The van der Waals surface area contributed by atoms with Gasteiger partial charge in [0.1, 0.15) is 0 Å². The SMILES string of the molecule is CC1CCC(NC(=O)C(C)N2CCN(CCO)CC2)CC1. The summed E-state index contributed by atoms with van der Waals surface area (Å²) in [5, 5.41) is 12.2. The maximum atomic E-state index is 12.4. The van der Waals surface area contributed by atoms with Gasteiger partial charge in [-0.05, 0) is 38.5 Å². The highest BCUT2D eigenvalue weighted by molar-refractivity contribution is 5.81. The summed E-state index contributed by atoms with van der Waals surface area (Å²) in [5.74, 6) is 1.00. The largest absolute Gasteiger partial charge is 0.395 e. The number of nitrogens with zero attached hydrogens (tertiary/aromatic N) is 2. The van der Waals surface area contributed by atoms with Gasteiger partial charge < -0.3 is 10.4 Å². The van der Waals surface area contributed by atoms with Crippen molar-refractivity contribution < 1.29 is 9.90 Å². The number of nitrogens with one attached hydrogen (secondary N) is 1. The average molecular weight is 297 g/mol. The molecule has 5 heteroatoms. The van der Waals surface area contributed by atoms with E-state index in [9.17, 15) is 4.79 Å². The smallest absolute Gasteiger partial charge is 0.237 e. The van der Waals surface area contributed by atoms with Gasteiger partial charge in [-0.2, -0.15) is 0 Å². The highest BCUT2D eigenvalue weighted by Crippen LogP contribution is 2.23. The molecule has 0 aromatic carbocycles. The van der Waals surface area contributed by atoms with Crippen LogP contribution >= 0.6 is 0 Å². The van der Waals surface area contributed by atoms with Crippen molar-refractivity contribution in [1.82, 2.24) is 15.1 Å². The number of aliphatic hydroxyl groups is 1. The molecule has 0 spiro atoms. The van der Waals surface area contributed by atoms with Crippen LogP contribution in [0.2, 0.25) is 0 Å². The molecular formula is C16H31N3O2. The molecule has 0 bridgehead atoms. The Morgan fingerprint density at radius 2 is 1.81 bits per heavy atom. The summed E-state index contributed by atoms with van der Waals surface area (Å²) < 4.78 is 0. The molecule has 5 nitrogen and oxygen atoms in total. The van der Waals surface area contributed by atoms with Crippen LogP contribution in [0.5, 0.6) is 0 Å². The molecule has 0 aromatic heterocycles. The molecule has 0 aromatic rings. The molecule has 2 fully saturated rings. The zero-order valence-corrected chi connectivity index (χ0v) is 13.6. The summed E-state index contributed by atoms with van der Waals surface area (Å²) in [5.41, 5.74) is 0. The van der Waals surface area contributed by atoms with Crippen LogP contribution in [0.1, 0.15) is 39.5 Å². The lowest BCUT2D eigenvalue weighted by molar-refractivity contribution is -0.127. The Hall–Kier alpha value is -0.650. The standard InChI is InChI=1S/C16H31N3O2/c1-13-3-5-15(6-4-13)17-16(21)14(2)19-9-7-18(8-10-19)11-12-20/h13-15,20H,3-12H2,1-2H3,(H,17,21). The molecule has 1 heterocycles. The number of hydrogen-bond acceptors (Lipinski definition) is 4. The predicted octanol–water partition coefficient (Wildman–Crippen LogP) is 0.680. The van der Waals surface area contributed by atoms with Gasteiger partial charge in [0, 0.05) is 38.8 Å². The minimum absolute atomic E-state index is 0.0411. The van der Waals surface area contributed by atoms with Crippen molar-refractivity contribution in [2.75, 3.05) is 39.3 Å². The highest BCUT2D eigenvalue weighted by atomic mass is 16.3. The van der Waals surface area contributed by atoms with Gasteiger partial charge in [-0.3, -0.25) is 14.6 Å². The second kappa shape index (κ2) is 8.11. The van der Waals surface area contributed by atoms with Gasteiger partial charge in [0.25, 0.3) is 0 Å². The Labute approximate surface area is 128 Å². The summed E-state index contributed by atoms with van der Waals surface area (Å²) in [4.78, 5) is 16.9. The van der Waals surface area contributed by atoms with E-state index in [4.69, 9.17) is 5.11 Å². The third-order valence-electron chi connectivity index (χ3n) is 5.11. The number of rotatable bonds is 5. The molecule has 122 valence electrons. The molecule has 2 rings (SSSR count). The van der Waals surface area contributed by atoms with Crippen LogP contribution in [0.4, 0.5) is 0 Å². The van der Waals surface area contributed by atoms with E-state index in [1.807, 2.05) is 6.92 Å². The third kappa shape index (κ3) is 4.94. The van der Waals surface area contributed by atoms with E-state index in [0.717, 1.165) is 51.5 Å². The van der Waals surface area contributed by atoms with Crippen LogP contribution in [0.3, 0.4) is 0 Å². The minimum Gasteiger partial charge on any atom is -0.395 e. The molecule has 0 radical (unpaired) electrons. The fourth-order valence-electron chi connectivity index (χ4n) is 3.41. The van der Waals surface area contributed by atoms with Gasteiger partial charge in [-0.1, -0.05) is 6.92 Å². The fourth-order valence-corrected chi connectivity index (χ4v) is 3.41. The minimum atomic E-state index is -0.0411. The van der Waals surface area contributed by atoms with Crippen molar-refractivity contribution in [3.05, 3.63) is 0 Å². The lowest BCUT2D eigenvalue weighted by Crippen LogP contribution is -2.55. The molecule has 1 aliphatic carbocycles. The van der Waals surface area contributed by atoms with Crippen LogP contribution in [0, 0.1) is 5.92 Å². The Bertz CT molecular complexity index is 321. The molecule has 2 N–H and O–H groups in total. The van der Waals surface area contributed by atoms with Gasteiger partial charge in [0.15, 0.2) is 0 Å². The third-order valence-corrected chi connectivity index (χ3v) is 5.11. The van der Waals surface area contributed by atoms with Gasteiger partial charge in [-0.25, -0.2) is 0 Å². The van der Waals surface area contributed by atoms with E-state index in [1.165, 1.54) is 12.8 Å². The first-order chi connectivity index (χ1) is 10.1. The second-order valence-corrected chi connectivity index (χ2v) is 6.74. The van der Waals surface area contributed by atoms with E-state index in [-0.39, 0.29) is 18.6 Å². The number of amides is 1. The lowest BCUT2D eigenvalue weighted by Gasteiger charge is -2.38. The van der Waals surface area contributed by atoms with Gasteiger partial charge in [-0.15, -0.1) is 0 Å². The number of aliphatic hydroxyl groups excluding tert-OH is 1. The van der Waals surface area contributed by atoms with Gasteiger partial charge in [0.05, 0.1) is 12.6 Å². The Kier molecular flexibility index (Phi) is 6.45. The van der Waals surface area contributed by atoms with Gasteiger partial charge in [0.2, 0.25) is 5.91 Å². The number of piperazine rings is 1. The molecule has 1 aliphatic heterocycles. The number of carbonyl (C=O) groups excluding carboxylic acids is 1. The summed E-state index contributed by atoms with van der Waals surface area (Å²) >= 11 is 0. The summed E-state index contributed by atoms with van der Waals surface area (Å²) in [6.45, 7) is 8.99. The van der Waals surface area contributed by atoms with E-state index in [1.54, 1.807) is 0 Å². The predicted molar refractivity (Wildman–Crippen MR) is 84.1 cm³/mol. The van der Waals surface area contributed by atoms with Crippen molar-refractivity contribution in [3.8, 4) is 0 Å². The number of carbonyl (C=O) groups is 1. The maximum Gasteiger partial charge on any atom is 0.237 e. The number of β-amino-alcohol motifs (C(OH)–C–C–N with tert-alkyl or cyclic N) is 1. The van der Waals surface area contributed by atoms with E-state index < -0.39 is 0 Å². The van der Waals surface area contributed by atoms with Gasteiger partial charge >= 0.3 is 0 Å². The maximum absolute atomic E-state index is 12.4.